The van der Waals surface area contributed by atoms with Crippen molar-refractivity contribution in [3.8, 4) is 28.9 Å². The molecule has 1 fully saturated rings. The minimum absolute atomic E-state index is 0.203. The molecule has 0 spiro atoms. The van der Waals surface area contributed by atoms with Gasteiger partial charge in [-0.15, -0.1) is 0 Å². The van der Waals surface area contributed by atoms with Gasteiger partial charge in [-0.05, 0) is 37.5 Å². The molecule has 2 aromatic heterocycles. The van der Waals surface area contributed by atoms with E-state index in [2.05, 4.69) is 20.3 Å². The molecule has 8 heteroatoms. The Bertz CT molecular complexity index is 837. The number of nitrogens with zero attached hydrogens (tertiary/aromatic N) is 4. The minimum Gasteiger partial charge on any atom is -0.497 e. The van der Waals surface area contributed by atoms with Crippen molar-refractivity contribution in [1.82, 2.24) is 20.3 Å². The first kappa shape index (κ1) is 13.9. The second kappa shape index (κ2) is 5.17. The Morgan fingerprint density at radius 3 is 2.70 bits per heavy atom. The van der Waals surface area contributed by atoms with Crippen LogP contribution in [0.2, 0.25) is 0 Å². The lowest BCUT2D eigenvalue weighted by atomic mass is 9.77. The number of methoxy groups -OCH3 is 1. The summed E-state index contributed by atoms with van der Waals surface area (Å²) in [5.74, 6) is 1.99. The Labute approximate surface area is 131 Å². The van der Waals surface area contributed by atoms with Gasteiger partial charge in [0, 0.05) is 5.56 Å². The number of aromatic nitrogens is 4. The maximum atomic E-state index is 6.18. The molecule has 0 bridgehead atoms. The Morgan fingerprint density at radius 2 is 1.96 bits per heavy atom. The highest BCUT2D eigenvalue weighted by molar-refractivity contribution is 5.57. The molecule has 0 unspecified atom stereocenters. The van der Waals surface area contributed by atoms with E-state index in [-0.39, 0.29) is 11.7 Å². The van der Waals surface area contributed by atoms with Crippen molar-refractivity contribution >= 4 is 0 Å². The molecule has 3 aromatic rings. The molecule has 118 valence electrons. The largest absolute Gasteiger partial charge is 0.497 e. The van der Waals surface area contributed by atoms with E-state index < -0.39 is 5.54 Å². The summed E-state index contributed by atoms with van der Waals surface area (Å²) < 4.78 is 15.7. The van der Waals surface area contributed by atoms with Crippen molar-refractivity contribution in [3.63, 3.8) is 0 Å². The molecule has 1 saturated carbocycles. The monoisotopic (exact) mass is 313 g/mol. The molecule has 1 aliphatic rings. The fourth-order valence-corrected chi connectivity index (χ4v) is 2.48. The van der Waals surface area contributed by atoms with Gasteiger partial charge in [-0.25, -0.2) is 0 Å². The standard InChI is InChI=1S/C15H15N5O3/c1-21-10-5-2-4-9(8-10)12-17-11(19-22-12)13-18-14(20-23-13)15(16)6-3-7-15/h2,4-5,8H,3,6-7,16H2,1H3. The number of rotatable bonds is 4. The van der Waals surface area contributed by atoms with E-state index >= 15 is 0 Å². The third-order valence-corrected chi connectivity index (χ3v) is 4.05. The molecule has 0 atom stereocenters. The smallest absolute Gasteiger partial charge is 0.299 e. The van der Waals surface area contributed by atoms with Gasteiger partial charge in [0.25, 0.3) is 17.6 Å². The molecule has 1 aromatic carbocycles. The van der Waals surface area contributed by atoms with Crippen molar-refractivity contribution in [2.24, 2.45) is 5.73 Å². The quantitative estimate of drug-likeness (QED) is 0.779. The zero-order valence-corrected chi connectivity index (χ0v) is 12.5. The molecular weight excluding hydrogens is 298 g/mol. The summed E-state index contributed by atoms with van der Waals surface area (Å²) in [6.45, 7) is 0. The van der Waals surface area contributed by atoms with Crippen LogP contribution in [-0.2, 0) is 5.54 Å². The van der Waals surface area contributed by atoms with E-state index in [4.69, 9.17) is 19.5 Å². The lowest BCUT2D eigenvalue weighted by molar-refractivity contribution is 0.229. The third-order valence-electron chi connectivity index (χ3n) is 4.05. The zero-order valence-electron chi connectivity index (χ0n) is 12.5. The Hall–Kier alpha value is -2.74. The summed E-state index contributed by atoms with van der Waals surface area (Å²) in [5.41, 5.74) is 6.44. The normalized spacial score (nSPS) is 16.1. The maximum Gasteiger partial charge on any atom is 0.299 e. The Morgan fingerprint density at radius 1 is 1.13 bits per heavy atom. The predicted octanol–water partition coefficient (Wildman–Crippen LogP) is 2.13. The molecule has 0 amide bonds. The summed E-state index contributed by atoms with van der Waals surface area (Å²) >= 11 is 0. The van der Waals surface area contributed by atoms with Crippen LogP contribution >= 0.6 is 0 Å². The first-order chi connectivity index (χ1) is 11.2. The van der Waals surface area contributed by atoms with Gasteiger partial charge in [0.2, 0.25) is 0 Å². The number of hydrogen-bond acceptors (Lipinski definition) is 8. The van der Waals surface area contributed by atoms with Crippen LogP contribution in [0.25, 0.3) is 23.2 Å². The molecule has 0 radical (unpaired) electrons. The van der Waals surface area contributed by atoms with E-state index in [1.807, 2.05) is 18.2 Å². The second-order valence-corrected chi connectivity index (χ2v) is 5.59. The summed E-state index contributed by atoms with van der Waals surface area (Å²) in [5, 5.41) is 7.84. The molecule has 0 saturated heterocycles. The van der Waals surface area contributed by atoms with Crippen LogP contribution in [0.3, 0.4) is 0 Å². The topological polar surface area (TPSA) is 113 Å². The number of nitrogens with two attached hydrogens (primary N) is 1. The Balaban J connectivity index is 1.63. The van der Waals surface area contributed by atoms with E-state index in [1.165, 1.54) is 0 Å². The maximum absolute atomic E-state index is 6.18. The number of benzene rings is 1. The molecule has 2 N–H and O–H groups in total. The van der Waals surface area contributed by atoms with Crippen molar-refractivity contribution in [3.05, 3.63) is 30.1 Å². The van der Waals surface area contributed by atoms with Crippen LogP contribution in [0.4, 0.5) is 0 Å². The van der Waals surface area contributed by atoms with E-state index in [0.29, 0.717) is 17.5 Å². The van der Waals surface area contributed by atoms with Crippen molar-refractivity contribution in [2.75, 3.05) is 7.11 Å². The molecule has 8 nitrogen and oxygen atoms in total. The lowest BCUT2D eigenvalue weighted by Gasteiger charge is -2.34. The molecule has 2 heterocycles. The van der Waals surface area contributed by atoms with Gasteiger partial charge < -0.3 is 19.5 Å². The fourth-order valence-electron chi connectivity index (χ4n) is 2.48. The first-order valence-electron chi connectivity index (χ1n) is 7.29. The summed E-state index contributed by atoms with van der Waals surface area (Å²) in [4.78, 5) is 8.60. The summed E-state index contributed by atoms with van der Waals surface area (Å²) in [6.07, 6.45) is 2.78. The van der Waals surface area contributed by atoms with Crippen LogP contribution in [0.1, 0.15) is 25.1 Å². The molecule has 4 rings (SSSR count). The number of hydrogen-bond donors (Lipinski definition) is 1. The molecule has 1 aliphatic carbocycles. The van der Waals surface area contributed by atoms with E-state index in [1.54, 1.807) is 13.2 Å². The zero-order chi connectivity index (χ0) is 15.9. The van der Waals surface area contributed by atoms with Crippen LogP contribution in [0.5, 0.6) is 5.75 Å². The average molecular weight is 313 g/mol. The molecule has 0 aliphatic heterocycles. The van der Waals surface area contributed by atoms with Gasteiger partial charge in [0.15, 0.2) is 5.82 Å². The van der Waals surface area contributed by atoms with Crippen LogP contribution in [0.15, 0.2) is 33.3 Å². The van der Waals surface area contributed by atoms with Crippen molar-refractivity contribution < 1.29 is 13.8 Å². The van der Waals surface area contributed by atoms with Gasteiger partial charge in [0.05, 0.1) is 12.6 Å². The predicted molar refractivity (Wildman–Crippen MR) is 79.3 cm³/mol. The first-order valence-corrected chi connectivity index (χ1v) is 7.29. The number of ether oxygens (including phenoxy) is 1. The molecule has 23 heavy (non-hydrogen) atoms. The van der Waals surface area contributed by atoms with Crippen molar-refractivity contribution in [1.29, 1.82) is 0 Å². The summed E-state index contributed by atoms with van der Waals surface area (Å²) in [7, 11) is 1.60. The molecular formula is C15H15N5O3. The van der Waals surface area contributed by atoms with Crippen molar-refractivity contribution in [2.45, 2.75) is 24.8 Å². The van der Waals surface area contributed by atoms with Gasteiger partial charge in [-0.2, -0.15) is 9.97 Å². The Kier molecular flexibility index (Phi) is 3.12. The summed E-state index contributed by atoms with van der Waals surface area (Å²) in [6, 6.07) is 7.34. The lowest BCUT2D eigenvalue weighted by Crippen LogP contribution is -2.44. The second-order valence-electron chi connectivity index (χ2n) is 5.59. The van der Waals surface area contributed by atoms with E-state index in [0.717, 1.165) is 24.8 Å². The van der Waals surface area contributed by atoms with Gasteiger partial charge in [-0.3, -0.25) is 0 Å². The van der Waals surface area contributed by atoms with Gasteiger partial charge in [-0.1, -0.05) is 16.4 Å². The minimum atomic E-state index is -0.485. The highest BCUT2D eigenvalue weighted by Crippen LogP contribution is 2.37. The van der Waals surface area contributed by atoms with E-state index in [9.17, 15) is 0 Å². The van der Waals surface area contributed by atoms with Gasteiger partial charge >= 0.3 is 0 Å². The van der Waals surface area contributed by atoms with Crippen LogP contribution in [0, 0.1) is 0 Å². The highest BCUT2D eigenvalue weighted by Gasteiger charge is 2.39. The third kappa shape index (κ3) is 2.36. The fraction of sp³-hybridized carbons (Fsp3) is 0.333. The van der Waals surface area contributed by atoms with Crippen LogP contribution < -0.4 is 10.5 Å². The average Bonchev–Trinajstić information content (AvgIpc) is 3.21. The SMILES string of the molecule is COc1cccc(-c2nc(-c3nc(C4(N)CCC4)no3)no2)c1. The van der Waals surface area contributed by atoms with Crippen LogP contribution in [-0.4, -0.2) is 27.4 Å². The van der Waals surface area contributed by atoms with Gasteiger partial charge in [0.1, 0.15) is 5.75 Å². The highest BCUT2D eigenvalue weighted by atomic mass is 16.5.